The molecular formula is C31H36ClN3O4. The van der Waals surface area contributed by atoms with Gasteiger partial charge in [-0.15, -0.1) is 0 Å². The maximum Gasteiger partial charge on any atom is 0.328 e. The van der Waals surface area contributed by atoms with Crippen molar-refractivity contribution >= 4 is 22.6 Å². The number of ether oxygens (including phenoxy) is 2. The Bertz CT molecular complexity index is 1490. The van der Waals surface area contributed by atoms with Crippen LogP contribution in [-0.4, -0.2) is 51.0 Å². The van der Waals surface area contributed by atoms with Crippen molar-refractivity contribution in [2.45, 2.75) is 45.4 Å². The summed E-state index contributed by atoms with van der Waals surface area (Å²) < 4.78 is 15.4. The van der Waals surface area contributed by atoms with Crippen LogP contribution in [0.5, 0.6) is 11.5 Å². The summed E-state index contributed by atoms with van der Waals surface area (Å²) in [6.07, 6.45) is 1.62. The molecule has 2 heterocycles. The molecule has 0 bridgehead atoms. The van der Waals surface area contributed by atoms with Crippen LogP contribution < -0.4 is 15.2 Å². The second-order valence-corrected chi connectivity index (χ2v) is 11.1. The van der Waals surface area contributed by atoms with Gasteiger partial charge in [0.2, 0.25) is 0 Å². The first kappa shape index (κ1) is 27.3. The van der Waals surface area contributed by atoms with Crippen LogP contribution in [0.4, 0.5) is 0 Å². The molecule has 1 unspecified atom stereocenters. The predicted octanol–water partition coefficient (Wildman–Crippen LogP) is 5.10. The highest BCUT2D eigenvalue weighted by Crippen LogP contribution is 2.28. The van der Waals surface area contributed by atoms with Crippen LogP contribution in [0.1, 0.15) is 29.5 Å². The number of nitrogens with zero attached hydrogens (tertiary/aromatic N) is 3. The van der Waals surface area contributed by atoms with E-state index >= 15 is 0 Å². The minimum absolute atomic E-state index is 0.0413. The summed E-state index contributed by atoms with van der Waals surface area (Å²) >= 11 is 6.28. The molecule has 1 aliphatic rings. The molecule has 1 saturated heterocycles. The Labute approximate surface area is 234 Å². The van der Waals surface area contributed by atoms with Crippen LogP contribution in [0, 0.1) is 13.8 Å². The third kappa shape index (κ3) is 6.16. The zero-order valence-electron chi connectivity index (χ0n) is 22.8. The summed E-state index contributed by atoms with van der Waals surface area (Å²) in [5.74, 6) is 1.50. The number of β-amino-alcohol motifs (C(OH)–C–C–N with tert-alkyl or cyclic N) is 1. The molecule has 1 N–H and O–H groups in total. The zero-order chi connectivity index (χ0) is 27.6. The van der Waals surface area contributed by atoms with Crippen molar-refractivity contribution in [1.82, 2.24) is 14.0 Å². The highest BCUT2D eigenvalue weighted by molar-refractivity contribution is 6.32. The number of para-hydroxylation sites is 2. The smallest absolute Gasteiger partial charge is 0.328 e. The Balaban J connectivity index is 1.13. The van der Waals surface area contributed by atoms with Gasteiger partial charge in [-0.2, -0.15) is 0 Å². The molecule has 0 amide bonds. The van der Waals surface area contributed by atoms with Crippen molar-refractivity contribution in [2.24, 2.45) is 7.05 Å². The third-order valence-corrected chi connectivity index (χ3v) is 8.11. The van der Waals surface area contributed by atoms with Crippen molar-refractivity contribution in [2.75, 3.05) is 26.3 Å². The Hall–Kier alpha value is -3.26. The summed E-state index contributed by atoms with van der Waals surface area (Å²) in [5.41, 5.74) is 3.98. The van der Waals surface area contributed by atoms with Gasteiger partial charge >= 0.3 is 5.69 Å². The standard InChI is InChI=1S/C31H36ClN3O4/c1-22-17-26(18-23(2)29(22)32)39-21-31(37)13-6-14-34(20-31)19-24-9-11-25(12-10-24)38-16-15-35-28-8-5-4-7-27(28)33(3)30(35)36/h4-5,7-12,17-18,37H,6,13-16,19-21H2,1-3H3. The number of hydrogen-bond acceptors (Lipinski definition) is 5. The normalized spacial score (nSPS) is 18.0. The van der Waals surface area contributed by atoms with Crippen molar-refractivity contribution in [1.29, 1.82) is 0 Å². The lowest BCUT2D eigenvalue weighted by molar-refractivity contribution is -0.0621. The fraction of sp³-hybridized carbons (Fsp3) is 0.387. The fourth-order valence-electron chi connectivity index (χ4n) is 5.45. The van der Waals surface area contributed by atoms with Gasteiger partial charge in [-0.05, 0) is 86.3 Å². The van der Waals surface area contributed by atoms with Crippen LogP contribution >= 0.6 is 11.6 Å². The molecule has 1 atom stereocenters. The number of aliphatic hydroxyl groups is 1. The summed E-state index contributed by atoms with van der Waals surface area (Å²) in [5, 5.41) is 12.0. The number of fused-ring (bicyclic) bond motifs is 1. The van der Waals surface area contributed by atoms with Crippen molar-refractivity contribution in [3.05, 3.63) is 92.9 Å². The Morgan fingerprint density at radius 1 is 0.974 bits per heavy atom. The number of piperidine rings is 1. The number of aromatic nitrogens is 2. The molecule has 4 aromatic rings. The zero-order valence-corrected chi connectivity index (χ0v) is 23.6. The molecule has 1 aromatic heterocycles. The Morgan fingerprint density at radius 3 is 2.38 bits per heavy atom. The first-order valence-electron chi connectivity index (χ1n) is 13.4. The molecule has 5 rings (SSSR count). The minimum Gasteiger partial charge on any atom is -0.492 e. The molecule has 39 heavy (non-hydrogen) atoms. The number of imidazole rings is 1. The van der Waals surface area contributed by atoms with E-state index in [4.69, 9.17) is 21.1 Å². The second-order valence-electron chi connectivity index (χ2n) is 10.7. The van der Waals surface area contributed by atoms with E-state index in [1.54, 1.807) is 16.2 Å². The van der Waals surface area contributed by atoms with Gasteiger partial charge in [0.05, 0.1) is 17.6 Å². The highest BCUT2D eigenvalue weighted by Gasteiger charge is 2.34. The van der Waals surface area contributed by atoms with Crippen molar-refractivity contribution in [3.8, 4) is 11.5 Å². The largest absolute Gasteiger partial charge is 0.492 e. The lowest BCUT2D eigenvalue weighted by atomic mass is 9.93. The summed E-state index contributed by atoms with van der Waals surface area (Å²) in [6.45, 7) is 7.27. The molecule has 0 radical (unpaired) electrons. The van der Waals surface area contributed by atoms with Crippen LogP contribution in [0.2, 0.25) is 5.02 Å². The first-order chi connectivity index (χ1) is 18.7. The average Bonchev–Trinajstić information content (AvgIpc) is 3.16. The molecule has 8 heteroatoms. The van der Waals surface area contributed by atoms with Gasteiger partial charge in [0, 0.05) is 25.2 Å². The van der Waals surface area contributed by atoms with Gasteiger partial charge in [-0.25, -0.2) is 4.79 Å². The molecule has 1 fully saturated rings. The number of aryl methyl sites for hydroxylation is 3. The Kier molecular flexibility index (Phi) is 8.03. The average molecular weight is 550 g/mol. The molecular weight excluding hydrogens is 514 g/mol. The number of halogens is 1. The molecule has 0 aliphatic carbocycles. The van der Waals surface area contributed by atoms with E-state index in [1.165, 1.54) is 0 Å². The van der Waals surface area contributed by atoms with E-state index in [-0.39, 0.29) is 12.3 Å². The fourth-order valence-corrected chi connectivity index (χ4v) is 5.56. The SMILES string of the molecule is Cc1cc(OCC2(O)CCCN(Cc3ccc(OCCn4c(=O)n(C)c5ccccc54)cc3)C2)cc(C)c1Cl. The van der Waals surface area contributed by atoms with Gasteiger partial charge in [0.1, 0.15) is 30.3 Å². The summed E-state index contributed by atoms with van der Waals surface area (Å²) in [4.78, 5) is 14.9. The quantitative estimate of drug-likeness (QED) is 0.315. The minimum atomic E-state index is -0.900. The Morgan fingerprint density at radius 2 is 1.67 bits per heavy atom. The summed E-state index contributed by atoms with van der Waals surface area (Å²) in [7, 11) is 1.79. The molecule has 7 nitrogen and oxygen atoms in total. The summed E-state index contributed by atoms with van der Waals surface area (Å²) in [6, 6.07) is 19.7. The molecule has 0 saturated carbocycles. The van der Waals surface area contributed by atoms with Crippen LogP contribution in [0.3, 0.4) is 0 Å². The van der Waals surface area contributed by atoms with Gasteiger partial charge < -0.3 is 14.6 Å². The first-order valence-corrected chi connectivity index (χ1v) is 13.8. The number of rotatable bonds is 9. The molecule has 1 aliphatic heterocycles. The van der Waals surface area contributed by atoms with E-state index in [0.29, 0.717) is 26.1 Å². The van der Waals surface area contributed by atoms with Gasteiger partial charge in [-0.3, -0.25) is 14.0 Å². The predicted molar refractivity (Wildman–Crippen MR) is 155 cm³/mol. The maximum absolute atomic E-state index is 12.6. The molecule has 3 aromatic carbocycles. The van der Waals surface area contributed by atoms with E-state index in [2.05, 4.69) is 17.0 Å². The number of likely N-dealkylation sites (tertiary alicyclic amines) is 1. The van der Waals surface area contributed by atoms with Gasteiger partial charge in [-0.1, -0.05) is 35.9 Å². The lowest BCUT2D eigenvalue weighted by Crippen LogP contribution is -2.51. The van der Waals surface area contributed by atoms with Crippen molar-refractivity contribution < 1.29 is 14.6 Å². The molecule has 206 valence electrons. The maximum atomic E-state index is 12.6. The van der Waals surface area contributed by atoms with Crippen LogP contribution in [-0.2, 0) is 20.1 Å². The van der Waals surface area contributed by atoms with E-state index in [0.717, 1.165) is 63.8 Å². The van der Waals surface area contributed by atoms with Crippen molar-refractivity contribution in [3.63, 3.8) is 0 Å². The van der Waals surface area contributed by atoms with E-state index < -0.39 is 5.60 Å². The van der Waals surface area contributed by atoms with Crippen LogP contribution in [0.25, 0.3) is 11.0 Å². The number of benzene rings is 3. The van der Waals surface area contributed by atoms with Gasteiger partial charge in [0.25, 0.3) is 0 Å². The van der Waals surface area contributed by atoms with Gasteiger partial charge in [0.15, 0.2) is 0 Å². The third-order valence-electron chi connectivity index (χ3n) is 7.52. The number of hydrogen-bond donors (Lipinski definition) is 1. The monoisotopic (exact) mass is 549 g/mol. The van der Waals surface area contributed by atoms with E-state index in [9.17, 15) is 9.90 Å². The second kappa shape index (κ2) is 11.5. The van der Waals surface area contributed by atoms with E-state index in [1.807, 2.05) is 62.4 Å². The topological polar surface area (TPSA) is 68.9 Å². The van der Waals surface area contributed by atoms with Crippen LogP contribution in [0.15, 0.2) is 65.5 Å². The molecule has 0 spiro atoms. The highest BCUT2D eigenvalue weighted by atomic mass is 35.5. The lowest BCUT2D eigenvalue weighted by Gasteiger charge is -2.39.